The zero-order chi connectivity index (χ0) is 13.0. The van der Waals surface area contributed by atoms with Crippen molar-refractivity contribution >= 4 is 21.9 Å². The molecule has 0 aliphatic rings. The van der Waals surface area contributed by atoms with Gasteiger partial charge in [0.05, 0.1) is 13.7 Å². The van der Waals surface area contributed by atoms with E-state index in [2.05, 4.69) is 20.9 Å². The topological polar surface area (TPSA) is 48.4 Å². The highest BCUT2D eigenvalue weighted by molar-refractivity contribution is 9.10. The standard InChI is InChI=1S/C10H10BrF2NO3/c1-3-17-10(15)7-5(11)4-6(16-2)14-8(7)9(12)13/h4,9H,3H2,1-2H3. The van der Waals surface area contributed by atoms with Crippen molar-refractivity contribution in [1.29, 1.82) is 0 Å². The number of rotatable bonds is 4. The maximum absolute atomic E-state index is 12.8. The Balaban J connectivity index is 3.31. The number of halogens is 3. The van der Waals surface area contributed by atoms with Crippen molar-refractivity contribution in [3.05, 3.63) is 21.8 Å². The molecule has 0 atom stereocenters. The van der Waals surface area contributed by atoms with Crippen LogP contribution in [0.5, 0.6) is 5.88 Å². The van der Waals surface area contributed by atoms with Crippen LogP contribution in [-0.4, -0.2) is 24.7 Å². The molecule has 0 amide bonds. The first kappa shape index (κ1) is 13.8. The Morgan fingerprint density at radius 3 is 2.71 bits per heavy atom. The number of hydrogen-bond donors (Lipinski definition) is 0. The number of carbonyl (C=O) groups excluding carboxylic acids is 1. The van der Waals surface area contributed by atoms with Gasteiger partial charge in [0, 0.05) is 10.5 Å². The lowest BCUT2D eigenvalue weighted by Gasteiger charge is -2.11. The second-order valence-electron chi connectivity index (χ2n) is 2.93. The highest BCUT2D eigenvalue weighted by Crippen LogP contribution is 2.30. The molecule has 4 nitrogen and oxygen atoms in total. The van der Waals surface area contributed by atoms with Gasteiger partial charge in [0.1, 0.15) is 11.3 Å². The third kappa shape index (κ3) is 3.12. The number of pyridine rings is 1. The summed E-state index contributed by atoms with van der Waals surface area (Å²) in [6, 6.07) is 1.33. The number of hydrogen-bond acceptors (Lipinski definition) is 4. The zero-order valence-electron chi connectivity index (χ0n) is 9.17. The van der Waals surface area contributed by atoms with Crippen LogP contribution in [0.1, 0.15) is 29.4 Å². The molecule has 0 aromatic carbocycles. The molecule has 0 radical (unpaired) electrons. The molecule has 1 aromatic heterocycles. The normalized spacial score (nSPS) is 10.5. The fourth-order valence-corrected chi connectivity index (χ4v) is 1.74. The lowest BCUT2D eigenvalue weighted by atomic mass is 10.2. The summed E-state index contributed by atoms with van der Waals surface area (Å²) < 4.78 is 35.2. The highest BCUT2D eigenvalue weighted by Gasteiger charge is 2.25. The van der Waals surface area contributed by atoms with Gasteiger partial charge in [-0.1, -0.05) is 0 Å². The van der Waals surface area contributed by atoms with Crippen LogP contribution in [0.25, 0.3) is 0 Å². The van der Waals surface area contributed by atoms with Crippen LogP contribution in [0.15, 0.2) is 10.5 Å². The van der Waals surface area contributed by atoms with E-state index in [0.717, 1.165) is 0 Å². The molecular formula is C10H10BrF2NO3. The molecule has 0 N–H and O–H groups in total. The summed E-state index contributed by atoms with van der Waals surface area (Å²) in [5.41, 5.74) is -0.933. The van der Waals surface area contributed by atoms with Crippen LogP contribution in [0.3, 0.4) is 0 Å². The molecule has 0 aliphatic heterocycles. The fourth-order valence-electron chi connectivity index (χ4n) is 1.18. The molecule has 0 saturated heterocycles. The average Bonchev–Trinajstić information content (AvgIpc) is 2.27. The Hall–Kier alpha value is -1.24. The largest absolute Gasteiger partial charge is 0.481 e. The smallest absolute Gasteiger partial charge is 0.341 e. The molecular weight excluding hydrogens is 300 g/mol. The first-order valence-electron chi connectivity index (χ1n) is 4.71. The molecule has 1 heterocycles. The summed E-state index contributed by atoms with van der Waals surface area (Å²) in [7, 11) is 1.30. The van der Waals surface area contributed by atoms with Gasteiger partial charge in [0.15, 0.2) is 0 Å². The van der Waals surface area contributed by atoms with Crippen molar-refractivity contribution in [2.24, 2.45) is 0 Å². The molecule has 0 aliphatic carbocycles. The molecule has 1 aromatic rings. The summed E-state index contributed by atoms with van der Waals surface area (Å²) in [5.74, 6) is -0.843. The fraction of sp³-hybridized carbons (Fsp3) is 0.400. The Labute approximate surface area is 105 Å². The predicted molar refractivity (Wildman–Crippen MR) is 59.4 cm³/mol. The molecule has 7 heteroatoms. The van der Waals surface area contributed by atoms with Gasteiger partial charge in [-0.05, 0) is 22.9 Å². The van der Waals surface area contributed by atoms with Crippen LogP contribution < -0.4 is 4.74 Å². The summed E-state index contributed by atoms with van der Waals surface area (Å²) in [5, 5.41) is 0. The Morgan fingerprint density at radius 1 is 1.59 bits per heavy atom. The number of nitrogens with zero attached hydrogens (tertiary/aromatic N) is 1. The van der Waals surface area contributed by atoms with Gasteiger partial charge >= 0.3 is 5.97 Å². The maximum atomic E-state index is 12.8. The Morgan fingerprint density at radius 2 is 2.24 bits per heavy atom. The van der Waals surface area contributed by atoms with Crippen molar-refractivity contribution in [2.75, 3.05) is 13.7 Å². The van der Waals surface area contributed by atoms with Crippen LogP contribution in [0.2, 0.25) is 0 Å². The Kier molecular flexibility index (Phi) is 4.80. The monoisotopic (exact) mass is 309 g/mol. The van der Waals surface area contributed by atoms with Crippen LogP contribution in [0.4, 0.5) is 8.78 Å². The van der Waals surface area contributed by atoms with Crippen LogP contribution >= 0.6 is 15.9 Å². The average molecular weight is 310 g/mol. The van der Waals surface area contributed by atoms with E-state index in [1.165, 1.54) is 13.2 Å². The van der Waals surface area contributed by atoms with Crippen molar-refractivity contribution < 1.29 is 23.0 Å². The van der Waals surface area contributed by atoms with Gasteiger partial charge in [-0.25, -0.2) is 18.6 Å². The third-order valence-electron chi connectivity index (χ3n) is 1.87. The SMILES string of the molecule is CCOC(=O)c1c(Br)cc(OC)nc1C(F)F. The highest BCUT2D eigenvalue weighted by atomic mass is 79.9. The number of alkyl halides is 2. The van der Waals surface area contributed by atoms with Gasteiger partial charge < -0.3 is 9.47 Å². The first-order valence-corrected chi connectivity index (χ1v) is 5.50. The molecule has 0 unspecified atom stereocenters. The number of aromatic nitrogens is 1. The second-order valence-corrected chi connectivity index (χ2v) is 3.78. The second kappa shape index (κ2) is 5.90. The molecule has 1 rings (SSSR count). The van der Waals surface area contributed by atoms with E-state index in [0.29, 0.717) is 0 Å². The van der Waals surface area contributed by atoms with E-state index in [1.807, 2.05) is 0 Å². The van der Waals surface area contributed by atoms with Gasteiger partial charge in [-0.15, -0.1) is 0 Å². The number of methoxy groups -OCH3 is 1. The van der Waals surface area contributed by atoms with Gasteiger partial charge in [-0.2, -0.15) is 0 Å². The van der Waals surface area contributed by atoms with Crippen LogP contribution in [-0.2, 0) is 4.74 Å². The molecule has 94 valence electrons. The number of carbonyl (C=O) groups is 1. The molecule has 0 fully saturated rings. The van der Waals surface area contributed by atoms with E-state index in [1.54, 1.807) is 6.92 Å². The van der Waals surface area contributed by atoms with E-state index in [4.69, 9.17) is 9.47 Å². The molecule has 0 saturated carbocycles. The van der Waals surface area contributed by atoms with Gasteiger partial charge in [0.25, 0.3) is 6.43 Å². The first-order chi connectivity index (χ1) is 8.01. The lowest BCUT2D eigenvalue weighted by molar-refractivity contribution is 0.0512. The molecule has 0 bridgehead atoms. The Bertz CT molecular complexity index is 426. The minimum absolute atomic E-state index is 0.000207. The summed E-state index contributed by atoms with van der Waals surface area (Å²) in [4.78, 5) is 15.1. The summed E-state index contributed by atoms with van der Waals surface area (Å²) in [6.07, 6.45) is -2.89. The number of esters is 1. The van der Waals surface area contributed by atoms with Crippen molar-refractivity contribution in [3.63, 3.8) is 0 Å². The minimum atomic E-state index is -2.89. The van der Waals surface area contributed by atoms with Crippen molar-refractivity contribution in [1.82, 2.24) is 4.98 Å². The minimum Gasteiger partial charge on any atom is -0.481 e. The summed E-state index contributed by atoms with van der Waals surface area (Å²) in [6.45, 7) is 1.69. The zero-order valence-corrected chi connectivity index (χ0v) is 10.8. The maximum Gasteiger partial charge on any atom is 0.341 e. The van der Waals surface area contributed by atoms with E-state index >= 15 is 0 Å². The summed E-state index contributed by atoms with van der Waals surface area (Å²) >= 11 is 3.02. The van der Waals surface area contributed by atoms with Gasteiger partial charge in [0.2, 0.25) is 5.88 Å². The molecule has 17 heavy (non-hydrogen) atoms. The molecule has 0 spiro atoms. The van der Waals surface area contributed by atoms with E-state index in [9.17, 15) is 13.6 Å². The van der Waals surface area contributed by atoms with Crippen molar-refractivity contribution in [2.45, 2.75) is 13.3 Å². The quantitative estimate of drug-likeness (QED) is 0.802. The van der Waals surface area contributed by atoms with E-state index in [-0.39, 0.29) is 22.5 Å². The lowest BCUT2D eigenvalue weighted by Crippen LogP contribution is -2.11. The number of ether oxygens (including phenoxy) is 2. The third-order valence-corrected chi connectivity index (χ3v) is 2.50. The van der Waals surface area contributed by atoms with E-state index < -0.39 is 18.1 Å². The van der Waals surface area contributed by atoms with Crippen LogP contribution in [0, 0.1) is 0 Å². The van der Waals surface area contributed by atoms with Crippen molar-refractivity contribution in [3.8, 4) is 5.88 Å². The van der Waals surface area contributed by atoms with Gasteiger partial charge in [-0.3, -0.25) is 0 Å². The predicted octanol–water partition coefficient (Wildman–Crippen LogP) is 2.97.